The van der Waals surface area contributed by atoms with Crippen molar-refractivity contribution in [2.75, 3.05) is 20.3 Å². The van der Waals surface area contributed by atoms with E-state index in [2.05, 4.69) is 0 Å². The number of carbonyl (C=O) groups is 2. The number of esters is 1. The zero-order chi connectivity index (χ0) is 17.2. The number of phosphoric acid groups is 1. The maximum Gasteiger partial charge on any atom is 0.532 e. The molecule has 0 rings (SSSR count). The second kappa shape index (κ2) is 9.98. The SMILES string of the molecule is CCCC[C@@](CC)(C(=O)OC)C(=O)OP(=O)(OCC)OCC. The maximum atomic E-state index is 12.5. The average molecular weight is 338 g/mol. The smallest absolute Gasteiger partial charge is 0.468 e. The van der Waals surface area contributed by atoms with Gasteiger partial charge in [-0.2, -0.15) is 0 Å². The molecule has 0 amide bonds. The number of hydrogen-bond acceptors (Lipinski definition) is 7. The predicted molar refractivity (Wildman–Crippen MR) is 81.2 cm³/mol. The first-order chi connectivity index (χ1) is 10.4. The quantitative estimate of drug-likeness (QED) is 0.324. The van der Waals surface area contributed by atoms with Crippen molar-refractivity contribution in [2.24, 2.45) is 5.41 Å². The lowest BCUT2D eigenvalue weighted by atomic mass is 9.80. The van der Waals surface area contributed by atoms with Crippen molar-refractivity contribution in [1.29, 1.82) is 0 Å². The number of methoxy groups -OCH3 is 1. The van der Waals surface area contributed by atoms with Gasteiger partial charge in [-0.05, 0) is 26.7 Å². The first kappa shape index (κ1) is 21.1. The van der Waals surface area contributed by atoms with E-state index in [9.17, 15) is 14.2 Å². The van der Waals surface area contributed by atoms with E-state index >= 15 is 0 Å². The van der Waals surface area contributed by atoms with Crippen LogP contribution in [0.4, 0.5) is 0 Å². The highest BCUT2D eigenvalue weighted by Crippen LogP contribution is 2.51. The van der Waals surface area contributed by atoms with Gasteiger partial charge in [0.05, 0.1) is 20.3 Å². The van der Waals surface area contributed by atoms with Gasteiger partial charge in [0.15, 0.2) is 5.41 Å². The Kier molecular flexibility index (Phi) is 9.56. The summed E-state index contributed by atoms with van der Waals surface area (Å²) >= 11 is 0. The van der Waals surface area contributed by atoms with Gasteiger partial charge in [0.2, 0.25) is 0 Å². The molecule has 0 aliphatic rings. The molecule has 0 fully saturated rings. The lowest BCUT2D eigenvalue weighted by Crippen LogP contribution is -2.41. The highest BCUT2D eigenvalue weighted by molar-refractivity contribution is 7.49. The summed E-state index contributed by atoms with van der Waals surface area (Å²) in [5.74, 6) is -1.63. The van der Waals surface area contributed by atoms with Gasteiger partial charge in [-0.15, -0.1) is 0 Å². The minimum absolute atomic E-state index is 0.0524. The van der Waals surface area contributed by atoms with Crippen LogP contribution in [0.3, 0.4) is 0 Å². The van der Waals surface area contributed by atoms with Gasteiger partial charge in [0, 0.05) is 0 Å². The minimum atomic E-state index is -4.02. The van der Waals surface area contributed by atoms with Gasteiger partial charge in [0.25, 0.3) is 0 Å². The highest BCUT2D eigenvalue weighted by atomic mass is 31.2. The number of rotatable bonds is 11. The molecular formula is C14H27O7P. The summed E-state index contributed by atoms with van der Waals surface area (Å²) in [7, 11) is -2.82. The van der Waals surface area contributed by atoms with Gasteiger partial charge in [0.1, 0.15) is 0 Å². The van der Waals surface area contributed by atoms with Crippen LogP contribution in [0.5, 0.6) is 0 Å². The molecule has 0 spiro atoms. The average Bonchev–Trinajstić information content (AvgIpc) is 2.48. The van der Waals surface area contributed by atoms with Crippen LogP contribution in [0.15, 0.2) is 0 Å². The summed E-state index contributed by atoms with van der Waals surface area (Å²) in [4.78, 5) is 24.6. The van der Waals surface area contributed by atoms with Crippen molar-refractivity contribution in [2.45, 2.75) is 53.4 Å². The molecule has 0 unspecified atom stereocenters. The summed E-state index contributed by atoms with van der Waals surface area (Å²) in [5, 5.41) is 0. The fraction of sp³-hybridized carbons (Fsp3) is 0.857. The largest absolute Gasteiger partial charge is 0.532 e. The van der Waals surface area contributed by atoms with Gasteiger partial charge in [-0.25, -0.2) is 4.57 Å². The first-order valence-electron chi connectivity index (χ1n) is 7.57. The molecule has 0 heterocycles. The summed E-state index contributed by atoms with van der Waals surface area (Å²) in [6, 6.07) is 0. The molecule has 0 saturated heterocycles. The lowest BCUT2D eigenvalue weighted by Gasteiger charge is -2.28. The number of unbranched alkanes of at least 4 members (excludes halogenated alkanes) is 1. The van der Waals surface area contributed by atoms with Crippen molar-refractivity contribution in [3.8, 4) is 0 Å². The van der Waals surface area contributed by atoms with Crippen LogP contribution in [-0.2, 0) is 32.5 Å². The summed E-state index contributed by atoms with van der Waals surface area (Å²) in [6.45, 7) is 6.93. The Morgan fingerprint density at radius 3 is 1.91 bits per heavy atom. The Balaban J connectivity index is 5.41. The molecule has 0 radical (unpaired) electrons. The third-order valence-electron chi connectivity index (χ3n) is 3.30. The van der Waals surface area contributed by atoms with Crippen LogP contribution in [-0.4, -0.2) is 32.3 Å². The van der Waals surface area contributed by atoms with Crippen molar-refractivity contribution in [3.63, 3.8) is 0 Å². The van der Waals surface area contributed by atoms with Crippen LogP contribution in [0, 0.1) is 5.41 Å². The number of phosphoric ester groups is 1. The van der Waals surface area contributed by atoms with E-state index in [1.165, 1.54) is 7.11 Å². The number of hydrogen-bond donors (Lipinski definition) is 0. The van der Waals surface area contributed by atoms with Crippen molar-refractivity contribution < 1.29 is 32.5 Å². The van der Waals surface area contributed by atoms with Crippen LogP contribution >= 0.6 is 7.82 Å². The second-order valence-corrected chi connectivity index (χ2v) is 6.29. The third-order valence-corrected chi connectivity index (χ3v) is 4.83. The molecule has 8 heteroatoms. The van der Waals surface area contributed by atoms with Gasteiger partial charge >= 0.3 is 19.8 Å². The van der Waals surface area contributed by atoms with E-state index in [1.807, 2.05) is 6.92 Å². The lowest BCUT2D eigenvalue weighted by molar-refractivity contribution is -0.167. The van der Waals surface area contributed by atoms with Crippen molar-refractivity contribution >= 4 is 19.8 Å². The Morgan fingerprint density at radius 1 is 1.00 bits per heavy atom. The van der Waals surface area contributed by atoms with E-state index in [-0.39, 0.29) is 26.1 Å². The Labute approximate surface area is 132 Å². The Hall–Kier alpha value is -0.910. The summed E-state index contributed by atoms with van der Waals surface area (Å²) < 4.78 is 31.9. The molecule has 0 N–H and O–H groups in total. The molecule has 0 aliphatic heterocycles. The summed E-state index contributed by atoms with van der Waals surface area (Å²) in [5.41, 5.74) is -1.49. The fourth-order valence-electron chi connectivity index (χ4n) is 2.02. The normalized spacial score (nSPS) is 14.2. The molecule has 0 aromatic carbocycles. The molecule has 0 bridgehead atoms. The molecular weight excluding hydrogens is 311 g/mol. The fourth-order valence-corrected chi connectivity index (χ4v) is 3.21. The van der Waals surface area contributed by atoms with E-state index < -0.39 is 25.2 Å². The summed E-state index contributed by atoms with van der Waals surface area (Å²) in [6.07, 6.45) is 1.85. The van der Waals surface area contributed by atoms with E-state index in [1.54, 1.807) is 20.8 Å². The monoisotopic (exact) mass is 338 g/mol. The molecule has 0 saturated carbocycles. The second-order valence-electron chi connectivity index (χ2n) is 4.69. The third kappa shape index (κ3) is 5.38. The first-order valence-corrected chi connectivity index (χ1v) is 9.03. The van der Waals surface area contributed by atoms with E-state index in [0.717, 1.165) is 6.42 Å². The minimum Gasteiger partial charge on any atom is -0.468 e. The molecule has 22 heavy (non-hydrogen) atoms. The Morgan fingerprint density at radius 2 is 1.55 bits per heavy atom. The van der Waals surface area contributed by atoms with Crippen LogP contribution in [0.1, 0.15) is 53.4 Å². The molecule has 0 aliphatic carbocycles. The van der Waals surface area contributed by atoms with Gasteiger partial charge in [-0.1, -0.05) is 26.7 Å². The molecule has 1 atom stereocenters. The van der Waals surface area contributed by atoms with Crippen LogP contribution in [0.25, 0.3) is 0 Å². The number of ether oxygens (including phenoxy) is 1. The van der Waals surface area contributed by atoms with E-state index in [4.69, 9.17) is 18.3 Å². The molecule has 130 valence electrons. The van der Waals surface area contributed by atoms with Gasteiger partial charge < -0.3 is 9.26 Å². The molecule has 0 aromatic rings. The predicted octanol–water partition coefficient (Wildman–Crippen LogP) is 3.47. The zero-order valence-electron chi connectivity index (χ0n) is 14.0. The molecule has 7 nitrogen and oxygen atoms in total. The highest BCUT2D eigenvalue weighted by Gasteiger charge is 2.49. The van der Waals surface area contributed by atoms with E-state index in [0.29, 0.717) is 6.42 Å². The van der Waals surface area contributed by atoms with Crippen molar-refractivity contribution in [1.82, 2.24) is 0 Å². The zero-order valence-corrected chi connectivity index (χ0v) is 14.9. The standard InChI is InChI=1S/C14H27O7P/c1-6-10-11-14(7-2,12(15)18-5)13(16)21-22(17,19-8-3)20-9-4/h6-11H2,1-5H3/t14-/m0/s1. The number of carbonyl (C=O) groups excluding carboxylic acids is 2. The molecule has 0 aromatic heterocycles. The van der Waals surface area contributed by atoms with Crippen molar-refractivity contribution in [3.05, 3.63) is 0 Å². The van der Waals surface area contributed by atoms with Crippen LogP contribution in [0.2, 0.25) is 0 Å². The topological polar surface area (TPSA) is 88.1 Å². The Bertz CT molecular complexity index is 400. The van der Waals surface area contributed by atoms with Gasteiger partial charge in [-0.3, -0.25) is 18.6 Å². The van der Waals surface area contributed by atoms with Crippen LogP contribution < -0.4 is 0 Å². The maximum absolute atomic E-state index is 12.5.